The lowest BCUT2D eigenvalue weighted by Gasteiger charge is -2.02. The van der Waals surface area contributed by atoms with Crippen molar-refractivity contribution in [2.75, 3.05) is 0 Å². The number of aromatic hydroxyl groups is 1. The van der Waals surface area contributed by atoms with E-state index in [9.17, 15) is 5.11 Å². The number of fused-ring (bicyclic) bond motifs is 1. The van der Waals surface area contributed by atoms with E-state index in [4.69, 9.17) is 0 Å². The third kappa shape index (κ3) is 1.93. The molecule has 3 N–H and O–H groups in total. The van der Waals surface area contributed by atoms with Gasteiger partial charge in [-0.2, -0.15) is 5.10 Å². The van der Waals surface area contributed by atoms with Gasteiger partial charge in [0.15, 0.2) is 0 Å². The van der Waals surface area contributed by atoms with Crippen LogP contribution in [-0.4, -0.2) is 30.3 Å². The maximum Gasteiger partial charge on any atom is 0.211 e. The van der Waals surface area contributed by atoms with Crippen molar-refractivity contribution in [2.45, 2.75) is 0 Å². The predicted molar refractivity (Wildman–Crippen MR) is 78.6 cm³/mol. The summed E-state index contributed by atoms with van der Waals surface area (Å²) in [6.07, 6.45) is 6.96. The highest BCUT2D eigenvalue weighted by Gasteiger charge is 2.10. The van der Waals surface area contributed by atoms with Crippen molar-refractivity contribution in [3.63, 3.8) is 0 Å². The van der Waals surface area contributed by atoms with E-state index in [1.807, 2.05) is 24.4 Å². The molecule has 0 unspecified atom stereocenters. The molecule has 0 spiro atoms. The Labute approximate surface area is 119 Å². The van der Waals surface area contributed by atoms with E-state index in [0.29, 0.717) is 0 Å². The fourth-order valence-electron chi connectivity index (χ4n) is 2.39. The van der Waals surface area contributed by atoms with Crippen LogP contribution < -0.4 is 0 Å². The van der Waals surface area contributed by atoms with Crippen molar-refractivity contribution in [3.8, 4) is 28.3 Å². The summed E-state index contributed by atoms with van der Waals surface area (Å²) in [5.41, 5.74) is 4.53. The highest BCUT2D eigenvalue weighted by Crippen LogP contribution is 2.30. The summed E-state index contributed by atoms with van der Waals surface area (Å²) in [5, 5.41) is 17.4. The van der Waals surface area contributed by atoms with Crippen molar-refractivity contribution < 1.29 is 5.11 Å². The van der Waals surface area contributed by atoms with E-state index in [0.717, 1.165) is 33.4 Å². The standard InChI is InChI=1S/C15H11N5O/c21-14-6-9(1-3-16-14)10-5-11-12(13-2-4-19-20-13)8-18-15(11)17-7-10/h1-8H,(H,16,21)(H,17,18)(H,19,20). The molecule has 6 heteroatoms. The van der Waals surface area contributed by atoms with Gasteiger partial charge in [0.05, 0.1) is 5.69 Å². The molecule has 0 aromatic carbocycles. The maximum absolute atomic E-state index is 9.50. The third-order valence-electron chi connectivity index (χ3n) is 3.40. The van der Waals surface area contributed by atoms with Gasteiger partial charge in [0.25, 0.3) is 0 Å². The molecular formula is C15H11N5O. The van der Waals surface area contributed by atoms with Gasteiger partial charge < -0.3 is 10.1 Å². The molecule has 0 aliphatic heterocycles. The van der Waals surface area contributed by atoms with Crippen LogP contribution in [0.4, 0.5) is 0 Å². The molecule has 0 saturated heterocycles. The van der Waals surface area contributed by atoms with Crippen LogP contribution in [-0.2, 0) is 0 Å². The highest BCUT2D eigenvalue weighted by atomic mass is 16.3. The van der Waals surface area contributed by atoms with Crippen LogP contribution in [0.5, 0.6) is 5.88 Å². The Morgan fingerprint density at radius 1 is 1.00 bits per heavy atom. The number of aromatic nitrogens is 5. The largest absolute Gasteiger partial charge is 0.493 e. The molecule has 0 saturated carbocycles. The van der Waals surface area contributed by atoms with Crippen molar-refractivity contribution in [1.29, 1.82) is 0 Å². The first-order valence-corrected chi connectivity index (χ1v) is 6.43. The Kier molecular flexibility index (Phi) is 2.47. The first-order chi connectivity index (χ1) is 10.3. The number of rotatable bonds is 2. The number of hydrogen-bond acceptors (Lipinski definition) is 4. The molecule has 4 aromatic rings. The molecule has 4 heterocycles. The molecule has 0 amide bonds. The summed E-state index contributed by atoms with van der Waals surface area (Å²) >= 11 is 0. The minimum absolute atomic E-state index is 0.00421. The molecule has 0 atom stereocenters. The van der Waals surface area contributed by atoms with Crippen molar-refractivity contribution >= 4 is 11.0 Å². The molecule has 6 nitrogen and oxygen atoms in total. The lowest BCUT2D eigenvalue weighted by molar-refractivity contribution is 0.454. The molecule has 102 valence electrons. The Hall–Kier alpha value is -3.15. The average Bonchev–Trinajstić information content (AvgIpc) is 3.15. The van der Waals surface area contributed by atoms with Gasteiger partial charge in [-0.1, -0.05) is 0 Å². The van der Waals surface area contributed by atoms with Crippen LogP contribution in [0, 0.1) is 0 Å². The molecule has 0 bridgehead atoms. The molecular weight excluding hydrogens is 266 g/mol. The fourth-order valence-corrected chi connectivity index (χ4v) is 2.39. The van der Waals surface area contributed by atoms with E-state index < -0.39 is 0 Å². The lowest BCUT2D eigenvalue weighted by atomic mass is 10.1. The Morgan fingerprint density at radius 2 is 1.95 bits per heavy atom. The van der Waals surface area contributed by atoms with E-state index in [2.05, 4.69) is 25.1 Å². The zero-order valence-electron chi connectivity index (χ0n) is 10.9. The molecule has 4 rings (SSSR count). The van der Waals surface area contributed by atoms with E-state index in [1.165, 1.54) is 0 Å². The smallest absolute Gasteiger partial charge is 0.211 e. The average molecular weight is 277 g/mol. The summed E-state index contributed by atoms with van der Waals surface area (Å²) in [5.74, 6) is -0.00421. The Bertz CT molecular complexity index is 911. The first kappa shape index (κ1) is 11.7. The SMILES string of the molecule is Oc1cc(-c2cnc3[nH]cc(-c4ccn[nH]4)c3c2)ccn1. The van der Waals surface area contributed by atoms with E-state index in [1.54, 1.807) is 24.7 Å². The summed E-state index contributed by atoms with van der Waals surface area (Å²) in [4.78, 5) is 11.4. The van der Waals surface area contributed by atoms with E-state index >= 15 is 0 Å². The molecule has 0 aliphatic carbocycles. The second kappa shape index (κ2) is 4.45. The zero-order valence-corrected chi connectivity index (χ0v) is 10.9. The highest BCUT2D eigenvalue weighted by molar-refractivity contribution is 5.94. The van der Waals surface area contributed by atoms with Crippen LogP contribution in [0.15, 0.2) is 49.1 Å². The third-order valence-corrected chi connectivity index (χ3v) is 3.40. The number of hydrogen-bond donors (Lipinski definition) is 3. The minimum atomic E-state index is -0.00421. The number of pyridine rings is 2. The van der Waals surface area contributed by atoms with Crippen molar-refractivity contribution in [3.05, 3.63) is 49.1 Å². The molecule has 4 aromatic heterocycles. The Balaban J connectivity index is 1.91. The summed E-state index contributed by atoms with van der Waals surface area (Å²) in [6.45, 7) is 0. The molecule has 21 heavy (non-hydrogen) atoms. The van der Waals surface area contributed by atoms with Gasteiger partial charge in [0.2, 0.25) is 5.88 Å². The van der Waals surface area contributed by atoms with Gasteiger partial charge in [-0.05, 0) is 23.8 Å². The van der Waals surface area contributed by atoms with Crippen LogP contribution in [0.25, 0.3) is 33.4 Å². The molecule has 0 radical (unpaired) electrons. The number of nitrogens with one attached hydrogen (secondary N) is 2. The summed E-state index contributed by atoms with van der Waals surface area (Å²) in [6, 6.07) is 7.40. The van der Waals surface area contributed by atoms with Crippen LogP contribution in [0.1, 0.15) is 0 Å². The number of H-pyrrole nitrogens is 2. The van der Waals surface area contributed by atoms with Gasteiger partial charge in [-0.15, -0.1) is 0 Å². The lowest BCUT2D eigenvalue weighted by Crippen LogP contribution is -1.84. The molecule has 0 fully saturated rings. The quantitative estimate of drug-likeness (QED) is 0.525. The number of nitrogens with zero attached hydrogens (tertiary/aromatic N) is 3. The van der Waals surface area contributed by atoms with Gasteiger partial charge >= 0.3 is 0 Å². The van der Waals surface area contributed by atoms with Crippen molar-refractivity contribution in [1.82, 2.24) is 25.1 Å². The second-order valence-electron chi connectivity index (χ2n) is 4.70. The zero-order chi connectivity index (χ0) is 14.2. The summed E-state index contributed by atoms with van der Waals surface area (Å²) in [7, 11) is 0. The maximum atomic E-state index is 9.50. The van der Waals surface area contributed by atoms with Crippen LogP contribution >= 0.6 is 0 Å². The predicted octanol–water partition coefficient (Wildman–Crippen LogP) is 2.72. The first-order valence-electron chi connectivity index (χ1n) is 6.43. The van der Waals surface area contributed by atoms with Crippen LogP contribution in [0.2, 0.25) is 0 Å². The fraction of sp³-hybridized carbons (Fsp3) is 0. The van der Waals surface area contributed by atoms with Gasteiger partial charge in [-0.25, -0.2) is 9.97 Å². The van der Waals surface area contributed by atoms with Crippen molar-refractivity contribution in [2.24, 2.45) is 0 Å². The molecule has 0 aliphatic rings. The van der Waals surface area contributed by atoms with Gasteiger partial charge in [0, 0.05) is 47.4 Å². The monoisotopic (exact) mass is 277 g/mol. The summed E-state index contributed by atoms with van der Waals surface area (Å²) < 4.78 is 0. The van der Waals surface area contributed by atoms with E-state index in [-0.39, 0.29) is 5.88 Å². The second-order valence-corrected chi connectivity index (χ2v) is 4.70. The van der Waals surface area contributed by atoms with Gasteiger partial charge in [-0.3, -0.25) is 5.10 Å². The van der Waals surface area contributed by atoms with Crippen LogP contribution in [0.3, 0.4) is 0 Å². The topological polar surface area (TPSA) is 90.5 Å². The van der Waals surface area contributed by atoms with Gasteiger partial charge in [0.1, 0.15) is 5.65 Å². The minimum Gasteiger partial charge on any atom is -0.493 e. The Morgan fingerprint density at radius 3 is 2.76 bits per heavy atom. The normalized spacial score (nSPS) is 11.0. The number of aromatic amines is 2.